The van der Waals surface area contributed by atoms with Crippen molar-refractivity contribution in [1.29, 1.82) is 0 Å². The Morgan fingerprint density at radius 2 is 1.81 bits per heavy atom. The van der Waals surface area contributed by atoms with E-state index in [2.05, 4.69) is 5.10 Å². The summed E-state index contributed by atoms with van der Waals surface area (Å²) in [7, 11) is 0. The summed E-state index contributed by atoms with van der Waals surface area (Å²) in [5.74, 6) is -3.32. The number of carboxylic acids is 2. The van der Waals surface area contributed by atoms with Gasteiger partial charge in [0.25, 0.3) is 5.56 Å². The Bertz CT molecular complexity index is 767. The fourth-order valence-electron chi connectivity index (χ4n) is 1.69. The fourth-order valence-corrected chi connectivity index (χ4v) is 1.69. The van der Waals surface area contributed by atoms with Crippen molar-refractivity contribution >= 4 is 11.9 Å². The zero-order valence-corrected chi connectivity index (χ0v) is 10.5. The summed E-state index contributed by atoms with van der Waals surface area (Å²) in [6.45, 7) is -0.770. The van der Waals surface area contributed by atoms with Crippen LogP contribution in [0.15, 0.2) is 35.1 Å². The van der Waals surface area contributed by atoms with E-state index < -0.39 is 35.4 Å². The maximum absolute atomic E-state index is 12.9. The SMILES string of the molecule is O=C(O)Cn1nc(-c2ccc(F)cc2)cc(C(=O)O)c1=O. The molecule has 2 rings (SSSR count). The fraction of sp³-hybridized carbons (Fsp3) is 0.0769. The second kappa shape index (κ2) is 5.53. The van der Waals surface area contributed by atoms with E-state index in [4.69, 9.17) is 10.2 Å². The van der Waals surface area contributed by atoms with Crippen LogP contribution in [-0.2, 0) is 11.3 Å². The maximum atomic E-state index is 12.9. The molecule has 1 aromatic heterocycles. The number of hydrogen-bond donors (Lipinski definition) is 2. The molecule has 0 atom stereocenters. The number of carboxylic acid groups (broad SMARTS) is 2. The van der Waals surface area contributed by atoms with Gasteiger partial charge in [-0.25, -0.2) is 13.9 Å². The minimum atomic E-state index is -1.50. The van der Waals surface area contributed by atoms with Crippen LogP contribution in [0.5, 0.6) is 0 Å². The van der Waals surface area contributed by atoms with Gasteiger partial charge >= 0.3 is 11.9 Å². The molecule has 0 aliphatic rings. The van der Waals surface area contributed by atoms with Gasteiger partial charge in [-0.3, -0.25) is 9.59 Å². The molecule has 0 amide bonds. The third-order valence-corrected chi connectivity index (χ3v) is 2.63. The second-order valence-electron chi connectivity index (χ2n) is 4.11. The van der Waals surface area contributed by atoms with Gasteiger partial charge < -0.3 is 10.2 Å². The maximum Gasteiger partial charge on any atom is 0.341 e. The predicted molar refractivity (Wildman–Crippen MR) is 68.5 cm³/mol. The average Bonchev–Trinajstić information content (AvgIpc) is 2.41. The molecule has 0 aliphatic carbocycles. The molecule has 0 saturated heterocycles. The highest BCUT2D eigenvalue weighted by Gasteiger charge is 2.16. The van der Waals surface area contributed by atoms with Gasteiger partial charge in [-0.15, -0.1) is 0 Å². The third kappa shape index (κ3) is 3.11. The van der Waals surface area contributed by atoms with Crippen LogP contribution in [0, 0.1) is 5.82 Å². The Labute approximate surface area is 116 Å². The Kier molecular flexibility index (Phi) is 3.79. The normalized spacial score (nSPS) is 10.3. The summed E-state index contributed by atoms with van der Waals surface area (Å²) < 4.78 is 13.4. The highest BCUT2D eigenvalue weighted by molar-refractivity contribution is 5.88. The predicted octanol–water partition coefficient (Wildman–Crippen LogP) is 0.832. The van der Waals surface area contributed by atoms with Crippen LogP contribution in [0.25, 0.3) is 11.3 Å². The van der Waals surface area contributed by atoms with Crippen molar-refractivity contribution in [2.45, 2.75) is 6.54 Å². The first-order valence-corrected chi connectivity index (χ1v) is 5.71. The summed E-state index contributed by atoms with van der Waals surface area (Å²) in [4.78, 5) is 33.5. The van der Waals surface area contributed by atoms with Crippen LogP contribution in [0.1, 0.15) is 10.4 Å². The van der Waals surface area contributed by atoms with Gasteiger partial charge in [-0.2, -0.15) is 5.10 Å². The molecule has 1 aromatic carbocycles. The first-order valence-electron chi connectivity index (χ1n) is 5.71. The van der Waals surface area contributed by atoms with E-state index in [0.717, 1.165) is 18.2 Å². The number of carbonyl (C=O) groups is 2. The summed E-state index contributed by atoms with van der Waals surface area (Å²) in [5.41, 5.74) is -1.20. The van der Waals surface area contributed by atoms with Crippen molar-refractivity contribution in [1.82, 2.24) is 9.78 Å². The lowest BCUT2D eigenvalue weighted by atomic mass is 10.1. The molecule has 108 valence electrons. The van der Waals surface area contributed by atoms with Gasteiger partial charge in [0.2, 0.25) is 0 Å². The van der Waals surface area contributed by atoms with Gasteiger partial charge in [0, 0.05) is 5.56 Å². The number of benzene rings is 1. The van der Waals surface area contributed by atoms with E-state index in [1.807, 2.05) is 0 Å². The van der Waals surface area contributed by atoms with Crippen LogP contribution < -0.4 is 5.56 Å². The number of halogens is 1. The number of nitrogens with zero attached hydrogens (tertiary/aromatic N) is 2. The van der Waals surface area contributed by atoms with E-state index in [1.165, 1.54) is 12.1 Å². The summed E-state index contributed by atoms with van der Waals surface area (Å²) in [5, 5.41) is 21.5. The van der Waals surface area contributed by atoms with Crippen LogP contribution in [0.3, 0.4) is 0 Å². The van der Waals surface area contributed by atoms with Crippen LogP contribution in [-0.4, -0.2) is 31.9 Å². The lowest BCUT2D eigenvalue weighted by Crippen LogP contribution is -2.31. The molecule has 1 heterocycles. The van der Waals surface area contributed by atoms with Crippen molar-refractivity contribution in [3.05, 3.63) is 52.1 Å². The van der Waals surface area contributed by atoms with Crippen molar-refractivity contribution in [2.24, 2.45) is 0 Å². The number of aromatic carboxylic acids is 1. The van der Waals surface area contributed by atoms with Crippen LogP contribution in [0.2, 0.25) is 0 Å². The summed E-state index contributed by atoms with van der Waals surface area (Å²) >= 11 is 0. The average molecular weight is 292 g/mol. The number of aromatic nitrogens is 2. The topological polar surface area (TPSA) is 109 Å². The molecule has 8 heteroatoms. The molecule has 2 N–H and O–H groups in total. The Balaban J connectivity index is 2.63. The standard InChI is InChI=1S/C13H9FN2O5/c14-8-3-1-7(2-4-8)10-5-9(13(20)21)12(19)16(15-10)6-11(17)18/h1-5H,6H2,(H,17,18)(H,20,21). The van der Waals surface area contributed by atoms with E-state index in [1.54, 1.807) is 0 Å². The molecule has 0 unspecified atom stereocenters. The monoisotopic (exact) mass is 292 g/mol. The quantitative estimate of drug-likeness (QED) is 0.863. The zero-order valence-electron chi connectivity index (χ0n) is 10.5. The lowest BCUT2D eigenvalue weighted by Gasteiger charge is -2.07. The zero-order chi connectivity index (χ0) is 15.6. The van der Waals surface area contributed by atoms with E-state index in [-0.39, 0.29) is 5.69 Å². The molecular formula is C13H9FN2O5. The van der Waals surface area contributed by atoms with Crippen LogP contribution in [0.4, 0.5) is 4.39 Å². The van der Waals surface area contributed by atoms with Crippen molar-refractivity contribution in [3.8, 4) is 11.3 Å². The highest BCUT2D eigenvalue weighted by atomic mass is 19.1. The van der Waals surface area contributed by atoms with E-state index in [9.17, 15) is 18.8 Å². The Morgan fingerprint density at radius 3 is 2.33 bits per heavy atom. The molecule has 0 saturated carbocycles. The van der Waals surface area contributed by atoms with Gasteiger partial charge in [0.05, 0.1) is 5.69 Å². The smallest absolute Gasteiger partial charge is 0.341 e. The Hall–Kier alpha value is -3.03. The minimum Gasteiger partial charge on any atom is -0.480 e. The van der Waals surface area contributed by atoms with Gasteiger partial charge in [-0.1, -0.05) is 0 Å². The largest absolute Gasteiger partial charge is 0.480 e. The Morgan fingerprint density at radius 1 is 1.19 bits per heavy atom. The first kappa shape index (κ1) is 14.4. The first-order chi connectivity index (χ1) is 9.88. The van der Waals surface area contributed by atoms with Gasteiger partial charge in [-0.05, 0) is 30.3 Å². The third-order valence-electron chi connectivity index (χ3n) is 2.63. The van der Waals surface area contributed by atoms with Crippen molar-refractivity contribution < 1.29 is 24.2 Å². The minimum absolute atomic E-state index is 0.0632. The molecule has 2 aromatic rings. The van der Waals surface area contributed by atoms with Crippen molar-refractivity contribution in [3.63, 3.8) is 0 Å². The number of rotatable bonds is 4. The second-order valence-corrected chi connectivity index (χ2v) is 4.11. The summed E-state index contributed by atoms with van der Waals surface area (Å²) in [6, 6.07) is 6.00. The molecule has 0 radical (unpaired) electrons. The molecule has 0 aliphatic heterocycles. The van der Waals surface area contributed by atoms with Gasteiger partial charge in [0.15, 0.2) is 0 Å². The van der Waals surface area contributed by atoms with E-state index >= 15 is 0 Å². The molecule has 0 bridgehead atoms. The molecule has 0 fully saturated rings. The summed E-state index contributed by atoms with van der Waals surface area (Å²) in [6.07, 6.45) is 0. The molecular weight excluding hydrogens is 283 g/mol. The lowest BCUT2D eigenvalue weighted by molar-refractivity contribution is -0.138. The molecule has 0 spiro atoms. The van der Waals surface area contributed by atoms with Crippen molar-refractivity contribution in [2.75, 3.05) is 0 Å². The van der Waals surface area contributed by atoms with Gasteiger partial charge in [0.1, 0.15) is 17.9 Å². The number of aliphatic carboxylic acids is 1. The van der Waals surface area contributed by atoms with E-state index in [0.29, 0.717) is 10.2 Å². The highest BCUT2D eigenvalue weighted by Crippen LogP contribution is 2.17. The van der Waals surface area contributed by atoms with Crippen LogP contribution >= 0.6 is 0 Å². The number of hydrogen-bond acceptors (Lipinski definition) is 4. The molecule has 21 heavy (non-hydrogen) atoms. The molecule has 7 nitrogen and oxygen atoms in total.